The Balaban J connectivity index is 2.16. The van der Waals surface area contributed by atoms with Gasteiger partial charge < -0.3 is 5.73 Å². The zero-order valence-electron chi connectivity index (χ0n) is 9.06. The first-order valence-electron chi connectivity index (χ1n) is 5.46. The standard InChI is InChI=1S/C14H17N/c1-11-7-9-13(10-8-11)14(15)12-5-3-2-4-6-12/h2-7,9-11,14H,8,15H2,1H3. The van der Waals surface area contributed by atoms with Gasteiger partial charge in [-0.15, -0.1) is 0 Å². The molecule has 0 aromatic heterocycles. The van der Waals surface area contributed by atoms with E-state index in [2.05, 4.69) is 37.3 Å². The largest absolute Gasteiger partial charge is 0.320 e. The number of nitrogens with two attached hydrogens (primary N) is 1. The molecule has 0 amide bonds. The van der Waals surface area contributed by atoms with Crippen molar-refractivity contribution in [1.29, 1.82) is 0 Å². The van der Waals surface area contributed by atoms with Gasteiger partial charge in [-0.2, -0.15) is 0 Å². The molecule has 2 atom stereocenters. The summed E-state index contributed by atoms with van der Waals surface area (Å²) >= 11 is 0. The summed E-state index contributed by atoms with van der Waals surface area (Å²) in [4.78, 5) is 0. The molecule has 1 aliphatic carbocycles. The van der Waals surface area contributed by atoms with Crippen LogP contribution >= 0.6 is 0 Å². The van der Waals surface area contributed by atoms with Gasteiger partial charge in [-0.3, -0.25) is 0 Å². The van der Waals surface area contributed by atoms with E-state index in [1.54, 1.807) is 0 Å². The Hall–Kier alpha value is -1.34. The van der Waals surface area contributed by atoms with Crippen molar-refractivity contribution >= 4 is 0 Å². The lowest BCUT2D eigenvalue weighted by molar-refractivity contribution is 0.714. The predicted octanol–water partition coefficient (Wildman–Crippen LogP) is 3.21. The van der Waals surface area contributed by atoms with Crippen molar-refractivity contribution < 1.29 is 0 Å². The molecule has 1 nitrogen and oxygen atoms in total. The van der Waals surface area contributed by atoms with Crippen LogP contribution in [-0.4, -0.2) is 0 Å². The molecule has 0 saturated heterocycles. The van der Waals surface area contributed by atoms with Crippen LogP contribution in [0.2, 0.25) is 0 Å². The molecule has 0 bridgehead atoms. The molecule has 0 heterocycles. The summed E-state index contributed by atoms with van der Waals surface area (Å²) in [7, 11) is 0. The minimum atomic E-state index is 0.0231. The fourth-order valence-corrected chi connectivity index (χ4v) is 1.83. The second kappa shape index (κ2) is 4.45. The first-order chi connectivity index (χ1) is 7.27. The van der Waals surface area contributed by atoms with Gasteiger partial charge in [0.15, 0.2) is 0 Å². The van der Waals surface area contributed by atoms with Gasteiger partial charge in [0.05, 0.1) is 6.04 Å². The summed E-state index contributed by atoms with van der Waals surface area (Å²) in [5, 5.41) is 0. The first kappa shape index (κ1) is 10.2. The zero-order chi connectivity index (χ0) is 10.7. The van der Waals surface area contributed by atoms with Crippen LogP contribution in [0.25, 0.3) is 0 Å². The second-order valence-corrected chi connectivity index (χ2v) is 4.16. The van der Waals surface area contributed by atoms with Crippen LogP contribution in [0.1, 0.15) is 24.9 Å². The van der Waals surface area contributed by atoms with Gasteiger partial charge >= 0.3 is 0 Å². The molecule has 0 spiro atoms. The van der Waals surface area contributed by atoms with E-state index in [0.717, 1.165) is 6.42 Å². The Morgan fingerprint density at radius 2 is 2.00 bits per heavy atom. The third kappa shape index (κ3) is 2.37. The fourth-order valence-electron chi connectivity index (χ4n) is 1.83. The Morgan fingerprint density at radius 1 is 1.27 bits per heavy atom. The molecule has 1 aromatic rings. The Bertz CT molecular complexity index is 376. The van der Waals surface area contributed by atoms with Gasteiger partial charge in [0, 0.05) is 0 Å². The normalized spacial score (nSPS) is 22.3. The van der Waals surface area contributed by atoms with E-state index in [0.29, 0.717) is 5.92 Å². The lowest BCUT2D eigenvalue weighted by Gasteiger charge is -2.18. The maximum atomic E-state index is 6.20. The van der Waals surface area contributed by atoms with E-state index < -0.39 is 0 Å². The van der Waals surface area contributed by atoms with Gasteiger partial charge in [0.2, 0.25) is 0 Å². The second-order valence-electron chi connectivity index (χ2n) is 4.16. The van der Waals surface area contributed by atoms with E-state index in [1.165, 1.54) is 11.1 Å². The third-order valence-corrected chi connectivity index (χ3v) is 2.86. The van der Waals surface area contributed by atoms with E-state index in [1.807, 2.05) is 18.2 Å². The summed E-state index contributed by atoms with van der Waals surface area (Å²) in [6.07, 6.45) is 7.75. The van der Waals surface area contributed by atoms with Crippen LogP contribution in [0.4, 0.5) is 0 Å². The predicted molar refractivity (Wildman–Crippen MR) is 64.4 cm³/mol. The van der Waals surface area contributed by atoms with Gasteiger partial charge in [-0.25, -0.2) is 0 Å². The zero-order valence-corrected chi connectivity index (χ0v) is 9.06. The summed E-state index contributed by atoms with van der Waals surface area (Å²) in [5.74, 6) is 0.650. The molecule has 2 rings (SSSR count). The van der Waals surface area contributed by atoms with Crippen molar-refractivity contribution in [2.75, 3.05) is 0 Å². The van der Waals surface area contributed by atoms with Crippen molar-refractivity contribution in [3.05, 3.63) is 59.7 Å². The van der Waals surface area contributed by atoms with E-state index >= 15 is 0 Å². The highest BCUT2D eigenvalue weighted by Gasteiger charge is 2.12. The topological polar surface area (TPSA) is 26.0 Å². The highest BCUT2D eigenvalue weighted by atomic mass is 14.6. The van der Waals surface area contributed by atoms with E-state index in [9.17, 15) is 0 Å². The molecular weight excluding hydrogens is 182 g/mol. The van der Waals surface area contributed by atoms with E-state index in [-0.39, 0.29) is 6.04 Å². The maximum Gasteiger partial charge on any atom is 0.0548 e. The molecule has 1 aliphatic rings. The Labute approximate surface area is 91.3 Å². The average molecular weight is 199 g/mol. The molecule has 0 fully saturated rings. The van der Waals surface area contributed by atoms with Crippen LogP contribution in [0, 0.1) is 5.92 Å². The van der Waals surface area contributed by atoms with Crippen LogP contribution in [0.15, 0.2) is 54.1 Å². The summed E-state index contributed by atoms with van der Waals surface area (Å²) in [6.45, 7) is 2.22. The molecule has 0 radical (unpaired) electrons. The summed E-state index contributed by atoms with van der Waals surface area (Å²) in [6, 6.07) is 10.3. The Kier molecular flexibility index (Phi) is 3.02. The highest BCUT2D eigenvalue weighted by Crippen LogP contribution is 2.25. The van der Waals surface area contributed by atoms with Crippen LogP contribution in [0.5, 0.6) is 0 Å². The van der Waals surface area contributed by atoms with Crippen molar-refractivity contribution in [1.82, 2.24) is 0 Å². The van der Waals surface area contributed by atoms with Crippen LogP contribution in [0.3, 0.4) is 0 Å². The number of hydrogen-bond donors (Lipinski definition) is 1. The molecule has 1 heteroatoms. The quantitative estimate of drug-likeness (QED) is 0.777. The summed E-state index contributed by atoms with van der Waals surface area (Å²) in [5.41, 5.74) is 8.61. The minimum absolute atomic E-state index is 0.0231. The molecule has 0 saturated carbocycles. The van der Waals surface area contributed by atoms with Crippen molar-refractivity contribution in [3.63, 3.8) is 0 Å². The monoisotopic (exact) mass is 199 g/mol. The molecule has 1 aromatic carbocycles. The van der Waals surface area contributed by atoms with Crippen LogP contribution in [-0.2, 0) is 0 Å². The van der Waals surface area contributed by atoms with Gasteiger partial charge in [0.25, 0.3) is 0 Å². The molecule has 2 unspecified atom stereocenters. The van der Waals surface area contributed by atoms with Crippen molar-refractivity contribution in [2.45, 2.75) is 19.4 Å². The van der Waals surface area contributed by atoms with Crippen molar-refractivity contribution in [2.24, 2.45) is 11.7 Å². The lowest BCUT2D eigenvalue weighted by Crippen LogP contribution is -2.13. The van der Waals surface area contributed by atoms with Crippen LogP contribution < -0.4 is 5.73 Å². The molecule has 0 aliphatic heterocycles. The van der Waals surface area contributed by atoms with Gasteiger partial charge in [0.1, 0.15) is 0 Å². The number of benzene rings is 1. The summed E-state index contributed by atoms with van der Waals surface area (Å²) < 4.78 is 0. The highest BCUT2D eigenvalue weighted by molar-refractivity contribution is 5.35. The number of rotatable bonds is 2. The smallest absolute Gasteiger partial charge is 0.0548 e. The average Bonchev–Trinajstić information content (AvgIpc) is 2.30. The van der Waals surface area contributed by atoms with Crippen molar-refractivity contribution in [3.8, 4) is 0 Å². The SMILES string of the molecule is CC1C=CC(C(N)c2ccccc2)=CC1. The maximum absolute atomic E-state index is 6.20. The minimum Gasteiger partial charge on any atom is -0.320 e. The molecule has 78 valence electrons. The van der Waals surface area contributed by atoms with Gasteiger partial charge in [-0.05, 0) is 23.5 Å². The number of hydrogen-bond acceptors (Lipinski definition) is 1. The van der Waals surface area contributed by atoms with E-state index in [4.69, 9.17) is 5.73 Å². The Morgan fingerprint density at radius 3 is 2.60 bits per heavy atom. The molecule has 2 N–H and O–H groups in total. The van der Waals surface area contributed by atoms with Gasteiger partial charge in [-0.1, -0.05) is 55.5 Å². The lowest BCUT2D eigenvalue weighted by atomic mass is 9.91. The molecular formula is C14H17N. The first-order valence-corrected chi connectivity index (χ1v) is 5.46. The number of allylic oxidation sites excluding steroid dienone is 2. The molecule has 15 heavy (non-hydrogen) atoms. The third-order valence-electron chi connectivity index (χ3n) is 2.86. The fraction of sp³-hybridized carbons (Fsp3) is 0.286.